The van der Waals surface area contributed by atoms with Crippen LogP contribution in [0, 0.1) is 0 Å². The number of nitrogens with one attached hydrogen (secondary N) is 1. The third kappa shape index (κ3) is 8.30. The summed E-state index contributed by atoms with van der Waals surface area (Å²) in [6.45, 7) is 8.71. The van der Waals surface area contributed by atoms with E-state index in [2.05, 4.69) is 5.32 Å². The predicted octanol–water partition coefficient (Wildman–Crippen LogP) is 1.65. The highest BCUT2D eigenvalue weighted by Crippen LogP contribution is 2.10. The van der Waals surface area contributed by atoms with Crippen LogP contribution in [0.3, 0.4) is 0 Å². The van der Waals surface area contributed by atoms with E-state index in [0.29, 0.717) is 6.42 Å². The Morgan fingerprint density at radius 3 is 2.17 bits per heavy atom. The van der Waals surface area contributed by atoms with Gasteiger partial charge in [-0.2, -0.15) is 8.42 Å². The summed E-state index contributed by atoms with van der Waals surface area (Å²) in [4.78, 5) is 11.5. The van der Waals surface area contributed by atoms with Crippen molar-refractivity contribution >= 4 is 16.2 Å². The molecule has 0 spiro atoms. The summed E-state index contributed by atoms with van der Waals surface area (Å²) >= 11 is 0. The van der Waals surface area contributed by atoms with Gasteiger partial charge < -0.3 is 10.1 Å². The lowest BCUT2D eigenvalue weighted by Gasteiger charge is -2.25. The third-order valence-corrected chi connectivity index (χ3v) is 2.60. The Kier molecular flexibility index (Phi) is 6.09. The monoisotopic (exact) mass is 281 g/mol. The van der Waals surface area contributed by atoms with Crippen molar-refractivity contribution in [1.82, 2.24) is 5.32 Å². The smallest absolute Gasteiger partial charge is 0.407 e. The largest absolute Gasteiger partial charge is 0.444 e. The number of rotatable bonds is 5. The van der Waals surface area contributed by atoms with E-state index in [0.717, 1.165) is 6.26 Å². The number of hydrogen-bond donors (Lipinski definition) is 1. The summed E-state index contributed by atoms with van der Waals surface area (Å²) in [7, 11) is -3.54. The molecule has 0 aromatic carbocycles. The molecule has 1 N–H and O–H groups in total. The van der Waals surface area contributed by atoms with E-state index in [-0.39, 0.29) is 0 Å². The molecule has 6 nitrogen and oxygen atoms in total. The van der Waals surface area contributed by atoms with Gasteiger partial charge in [0.2, 0.25) is 0 Å². The topological polar surface area (TPSA) is 81.7 Å². The van der Waals surface area contributed by atoms with Gasteiger partial charge in [-0.25, -0.2) is 4.79 Å². The van der Waals surface area contributed by atoms with Crippen molar-refractivity contribution < 1.29 is 22.1 Å². The number of amides is 1. The molecular formula is C11H23NO5S. The fraction of sp³-hybridized carbons (Fsp3) is 0.909. The van der Waals surface area contributed by atoms with Gasteiger partial charge >= 0.3 is 6.09 Å². The molecule has 1 amide bonds. The van der Waals surface area contributed by atoms with Crippen LogP contribution in [0.15, 0.2) is 0 Å². The summed E-state index contributed by atoms with van der Waals surface area (Å²) < 4.78 is 32.1. The maximum Gasteiger partial charge on any atom is 0.407 e. The molecule has 0 bridgehead atoms. The Balaban J connectivity index is 4.45. The molecule has 108 valence electrons. The van der Waals surface area contributed by atoms with Crippen LogP contribution >= 0.6 is 0 Å². The molecule has 0 rings (SSSR count). The van der Waals surface area contributed by atoms with Crippen molar-refractivity contribution in [3.63, 3.8) is 0 Å². The van der Waals surface area contributed by atoms with E-state index in [1.54, 1.807) is 34.6 Å². The van der Waals surface area contributed by atoms with Crippen LogP contribution in [0.25, 0.3) is 0 Å². The lowest BCUT2D eigenvalue weighted by molar-refractivity contribution is 0.0456. The van der Waals surface area contributed by atoms with Gasteiger partial charge in [0.05, 0.1) is 18.4 Å². The van der Waals surface area contributed by atoms with Crippen molar-refractivity contribution in [1.29, 1.82) is 0 Å². The van der Waals surface area contributed by atoms with E-state index in [4.69, 9.17) is 8.92 Å². The molecule has 0 saturated heterocycles. The molecule has 0 unspecified atom stereocenters. The molecule has 0 aromatic rings. The van der Waals surface area contributed by atoms with Gasteiger partial charge in [-0.15, -0.1) is 0 Å². The Bertz CT molecular complexity index is 371. The average Bonchev–Trinajstić information content (AvgIpc) is 2.08. The van der Waals surface area contributed by atoms with E-state index >= 15 is 0 Å². The molecule has 0 saturated carbocycles. The van der Waals surface area contributed by atoms with Crippen LogP contribution in [0.4, 0.5) is 4.79 Å². The highest BCUT2D eigenvalue weighted by molar-refractivity contribution is 7.86. The Morgan fingerprint density at radius 2 is 1.83 bits per heavy atom. The Labute approximate surface area is 109 Å². The maximum atomic E-state index is 11.5. The fourth-order valence-electron chi connectivity index (χ4n) is 1.32. The highest BCUT2D eigenvalue weighted by Gasteiger charge is 2.24. The van der Waals surface area contributed by atoms with Crippen molar-refractivity contribution in [2.45, 2.75) is 58.8 Å². The number of hydrogen-bond acceptors (Lipinski definition) is 5. The number of alkyl carbamates (subject to hydrolysis) is 1. The van der Waals surface area contributed by atoms with Gasteiger partial charge in [-0.1, -0.05) is 6.92 Å². The standard InChI is InChI=1S/C11H23NO5S/c1-7-9(17-18(6,14)15)8(2)12-10(13)16-11(3,4)5/h8-9H,7H2,1-6H3,(H,12,13)/t8-,9-/m1/s1. The van der Waals surface area contributed by atoms with Gasteiger partial charge in [0.15, 0.2) is 0 Å². The summed E-state index contributed by atoms with van der Waals surface area (Å²) in [5.41, 5.74) is -0.594. The van der Waals surface area contributed by atoms with Gasteiger partial charge in [0, 0.05) is 0 Å². The molecule has 0 aliphatic heterocycles. The minimum absolute atomic E-state index is 0.459. The van der Waals surface area contributed by atoms with Gasteiger partial charge in [-0.3, -0.25) is 4.18 Å². The SMILES string of the molecule is CC[C@@H](OS(C)(=O)=O)[C@@H](C)NC(=O)OC(C)(C)C. The van der Waals surface area contributed by atoms with E-state index < -0.39 is 34.0 Å². The second-order valence-electron chi connectivity index (χ2n) is 5.18. The predicted molar refractivity (Wildman–Crippen MR) is 68.8 cm³/mol. The molecule has 0 aliphatic rings. The first kappa shape index (κ1) is 17.2. The maximum absolute atomic E-state index is 11.5. The van der Waals surface area contributed by atoms with Gasteiger partial charge in [0.1, 0.15) is 5.60 Å². The minimum Gasteiger partial charge on any atom is -0.444 e. The summed E-state index contributed by atoms with van der Waals surface area (Å²) in [6.07, 6.45) is 0.248. The Morgan fingerprint density at radius 1 is 1.33 bits per heavy atom. The molecule has 0 radical (unpaired) electrons. The van der Waals surface area contributed by atoms with Gasteiger partial charge in [0.25, 0.3) is 10.1 Å². The molecule has 18 heavy (non-hydrogen) atoms. The molecular weight excluding hydrogens is 258 g/mol. The molecule has 2 atom stereocenters. The second kappa shape index (κ2) is 6.38. The van der Waals surface area contributed by atoms with Crippen molar-refractivity contribution in [3.05, 3.63) is 0 Å². The van der Waals surface area contributed by atoms with Crippen molar-refractivity contribution in [2.24, 2.45) is 0 Å². The second-order valence-corrected chi connectivity index (χ2v) is 6.78. The van der Waals surface area contributed by atoms with Crippen LogP contribution in [0.5, 0.6) is 0 Å². The summed E-state index contributed by atoms with van der Waals surface area (Å²) in [5.74, 6) is 0. The van der Waals surface area contributed by atoms with Crippen LogP contribution in [-0.4, -0.2) is 38.5 Å². The highest BCUT2D eigenvalue weighted by atomic mass is 32.2. The molecule has 0 fully saturated rings. The van der Waals surface area contributed by atoms with Crippen LogP contribution in [0.1, 0.15) is 41.0 Å². The molecule has 0 aliphatic carbocycles. The quantitative estimate of drug-likeness (QED) is 0.775. The fourth-order valence-corrected chi connectivity index (χ4v) is 2.07. The lowest BCUT2D eigenvalue weighted by Crippen LogP contribution is -2.45. The first-order valence-electron chi connectivity index (χ1n) is 5.82. The van der Waals surface area contributed by atoms with Crippen LogP contribution in [0.2, 0.25) is 0 Å². The number of ether oxygens (including phenoxy) is 1. The van der Waals surface area contributed by atoms with Crippen molar-refractivity contribution in [3.8, 4) is 0 Å². The van der Waals surface area contributed by atoms with E-state index in [9.17, 15) is 13.2 Å². The lowest BCUT2D eigenvalue weighted by atomic mass is 10.1. The normalized spacial score (nSPS) is 15.9. The van der Waals surface area contributed by atoms with Crippen LogP contribution in [-0.2, 0) is 19.0 Å². The molecule has 0 heterocycles. The zero-order chi connectivity index (χ0) is 14.6. The summed E-state index contributed by atoms with van der Waals surface area (Å²) in [6, 6.07) is -0.459. The number of carbonyl (C=O) groups excluding carboxylic acids is 1. The first-order chi connectivity index (χ1) is 7.94. The third-order valence-electron chi connectivity index (χ3n) is 2.00. The zero-order valence-corrected chi connectivity index (χ0v) is 12.6. The molecule has 0 aromatic heterocycles. The minimum atomic E-state index is -3.54. The Hall–Kier alpha value is -0.820. The first-order valence-corrected chi connectivity index (χ1v) is 7.64. The summed E-state index contributed by atoms with van der Waals surface area (Å²) in [5, 5.41) is 2.56. The zero-order valence-electron chi connectivity index (χ0n) is 11.8. The van der Waals surface area contributed by atoms with Gasteiger partial charge in [-0.05, 0) is 34.1 Å². The number of carbonyl (C=O) groups is 1. The average molecular weight is 281 g/mol. The van der Waals surface area contributed by atoms with E-state index in [1.165, 1.54) is 0 Å². The van der Waals surface area contributed by atoms with Crippen molar-refractivity contribution in [2.75, 3.05) is 6.26 Å². The van der Waals surface area contributed by atoms with Crippen LogP contribution < -0.4 is 5.32 Å². The van der Waals surface area contributed by atoms with E-state index in [1.807, 2.05) is 0 Å². The molecule has 7 heteroatoms.